The number of carbonyl (C=O) groups excluding carboxylic acids is 1. The number of methoxy groups -OCH3 is 1. The van der Waals surface area contributed by atoms with Gasteiger partial charge in [0.15, 0.2) is 6.04 Å². The molecule has 1 N–H and O–H groups in total. The number of nitrogens with one attached hydrogen (secondary N) is 1. The third-order valence-electron chi connectivity index (χ3n) is 3.78. The first kappa shape index (κ1) is 20.2. The number of aliphatic imine (C=N–C) groups is 2. The third kappa shape index (κ3) is 5.44. The fourth-order valence-corrected chi connectivity index (χ4v) is 3.37. The molecule has 0 fully saturated rings. The molecule has 7 heteroatoms. The van der Waals surface area contributed by atoms with Gasteiger partial charge >= 0.3 is 5.97 Å². The van der Waals surface area contributed by atoms with Gasteiger partial charge in [0.05, 0.1) is 25.1 Å². The standard InChI is InChI=1S/C19H25N3O3S/c1-5-14-11-15(25-10-6-9-20-3)7-8-16(14)21-13(2)18-22-17(12-26-18)19(23)24-4/h5,7-8,11,17,20H,1,6,9-10,12H2,2-4H3/t17-/m1/s1. The Morgan fingerprint density at radius 3 is 3.04 bits per heavy atom. The van der Waals surface area contributed by atoms with Gasteiger partial charge in [-0.1, -0.05) is 12.7 Å². The Balaban J connectivity index is 2.11. The van der Waals surface area contributed by atoms with Crippen molar-refractivity contribution in [1.82, 2.24) is 5.32 Å². The van der Waals surface area contributed by atoms with Crippen molar-refractivity contribution < 1.29 is 14.3 Å². The van der Waals surface area contributed by atoms with Gasteiger partial charge in [-0.2, -0.15) is 0 Å². The Hall–Kier alpha value is -2.12. The van der Waals surface area contributed by atoms with E-state index in [0.717, 1.165) is 40.7 Å². The number of rotatable bonds is 9. The summed E-state index contributed by atoms with van der Waals surface area (Å²) in [5, 5.41) is 3.86. The van der Waals surface area contributed by atoms with Gasteiger partial charge in [-0.15, -0.1) is 11.8 Å². The van der Waals surface area contributed by atoms with Gasteiger partial charge in [-0.3, -0.25) is 9.98 Å². The van der Waals surface area contributed by atoms with E-state index in [1.165, 1.54) is 18.9 Å². The van der Waals surface area contributed by atoms with Crippen LogP contribution in [0, 0.1) is 0 Å². The maximum absolute atomic E-state index is 11.6. The van der Waals surface area contributed by atoms with Gasteiger partial charge in [0.2, 0.25) is 0 Å². The number of benzene rings is 1. The van der Waals surface area contributed by atoms with Crippen LogP contribution in [0.4, 0.5) is 5.69 Å². The van der Waals surface area contributed by atoms with Crippen LogP contribution in [0.25, 0.3) is 6.08 Å². The summed E-state index contributed by atoms with van der Waals surface area (Å²) in [6.07, 6.45) is 2.70. The van der Waals surface area contributed by atoms with Crippen molar-refractivity contribution in [2.45, 2.75) is 19.4 Å². The van der Waals surface area contributed by atoms with Crippen molar-refractivity contribution in [3.05, 3.63) is 30.3 Å². The smallest absolute Gasteiger partial charge is 0.331 e. The van der Waals surface area contributed by atoms with Crippen molar-refractivity contribution in [3.8, 4) is 5.75 Å². The molecule has 1 aromatic carbocycles. The largest absolute Gasteiger partial charge is 0.494 e. The summed E-state index contributed by atoms with van der Waals surface area (Å²) >= 11 is 1.52. The molecule has 26 heavy (non-hydrogen) atoms. The summed E-state index contributed by atoms with van der Waals surface area (Å²) in [7, 11) is 3.30. The molecule has 1 aliphatic heterocycles. The van der Waals surface area contributed by atoms with Crippen LogP contribution in [0.2, 0.25) is 0 Å². The van der Waals surface area contributed by atoms with E-state index in [1.54, 1.807) is 6.08 Å². The second-order valence-electron chi connectivity index (χ2n) is 5.71. The maximum atomic E-state index is 11.6. The van der Waals surface area contributed by atoms with Crippen molar-refractivity contribution in [2.24, 2.45) is 9.98 Å². The maximum Gasteiger partial charge on any atom is 0.331 e. The predicted octanol–water partition coefficient (Wildman–Crippen LogP) is 3.10. The minimum atomic E-state index is -0.447. The van der Waals surface area contributed by atoms with E-state index in [1.807, 2.05) is 32.2 Å². The molecule has 0 spiro atoms. The van der Waals surface area contributed by atoms with E-state index in [9.17, 15) is 4.79 Å². The number of hydrogen-bond acceptors (Lipinski definition) is 7. The van der Waals surface area contributed by atoms with E-state index < -0.39 is 6.04 Å². The highest BCUT2D eigenvalue weighted by atomic mass is 32.2. The Morgan fingerprint density at radius 1 is 1.54 bits per heavy atom. The van der Waals surface area contributed by atoms with E-state index in [-0.39, 0.29) is 5.97 Å². The second kappa shape index (κ2) is 10.1. The summed E-state index contributed by atoms with van der Waals surface area (Å²) < 4.78 is 10.5. The normalized spacial score (nSPS) is 17.0. The van der Waals surface area contributed by atoms with Crippen LogP contribution in [-0.4, -0.2) is 55.8 Å². The SMILES string of the molecule is C=Cc1cc(OCCCNC)ccc1N=C(C)C1=N[C@@H](C(=O)OC)CS1. The van der Waals surface area contributed by atoms with Crippen molar-refractivity contribution in [1.29, 1.82) is 0 Å². The van der Waals surface area contributed by atoms with Crippen molar-refractivity contribution in [2.75, 3.05) is 33.1 Å². The molecule has 0 aromatic heterocycles. The number of nitrogens with zero attached hydrogens (tertiary/aromatic N) is 2. The summed E-state index contributed by atoms with van der Waals surface area (Å²) in [6, 6.07) is 5.29. The Morgan fingerprint density at radius 2 is 2.35 bits per heavy atom. The molecule has 2 rings (SSSR count). The molecule has 1 aliphatic rings. The number of ether oxygens (including phenoxy) is 2. The van der Waals surface area contributed by atoms with E-state index in [2.05, 4.69) is 21.9 Å². The molecular formula is C19H25N3O3S. The first-order chi connectivity index (χ1) is 12.6. The molecule has 6 nitrogen and oxygen atoms in total. The van der Waals surface area contributed by atoms with Gasteiger partial charge in [-0.05, 0) is 45.1 Å². The average Bonchev–Trinajstić information content (AvgIpc) is 3.16. The average molecular weight is 375 g/mol. The molecule has 140 valence electrons. The lowest BCUT2D eigenvalue weighted by molar-refractivity contribution is -0.141. The van der Waals surface area contributed by atoms with E-state index in [0.29, 0.717) is 12.4 Å². The lowest BCUT2D eigenvalue weighted by atomic mass is 10.1. The first-order valence-electron chi connectivity index (χ1n) is 8.47. The highest BCUT2D eigenvalue weighted by Gasteiger charge is 2.26. The molecule has 0 radical (unpaired) electrons. The zero-order chi connectivity index (χ0) is 18.9. The van der Waals surface area contributed by atoms with Crippen LogP contribution >= 0.6 is 11.8 Å². The number of hydrogen-bond donors (Lipinski definition) is 1. The minimum Gasteiger partial charge on any atom is -0.494 e. The highest BCUT2D eigenvalue weighted by molar-refractivity contribution is 8.16. The topological polar surface area (TPSA) is 72.3 Å². The summed E-state index contributed by atoms with van der Waals surface area (Å²) in [4.78, 5) is 20.7. The molecule has 0 bridgehead atoms. The molecule has 0 saturated carbocycles. The predicted molar refractivity (Wildman–Crippen MR) is 109 cm³/mol. The van der Waals surface area contributed by atoms with Crippen LogP contribution in [0.1, 0.15) is 18.9 Å². The van der Waals surface area contributed by atoms with Gasteiger partial charge in [-0.25, -0.2) is 4.79 Å². The molecule has 0 aliphatic carbocycles. The quantitative estimate of drug-likeness (QED) is 0.408. The fraction of sp³-hybridized carbons (Fsp3) is 0.421. The zero-order valence-electron chi connectivity index (χ0n) is 15.4. The fourth-order valence-electron chi connectivity index (χ4n) is 2.38. The lowest BCUT2D eigenvalue weighted by Crippen LogP contribution is -2.19. The van der Waals surface area contributed by atoms with Crippen molar-refractivity contribution in [3.63, 3.8) is 0 Å². The monoisotopic (exact) mass is 375 g/mol. The third-order valence-corrected chi connectivity index (χ3v) is 4.94. The number of carbonyl (C=O) groups is 1. The molecule has 1 heterocycles. The molecular weight excluding hydrogens is 350 g/mol. The van der Waals surface area contributed by atoms with Gasteiger partial charge in [0.25, 0.3) is 0 Å². The minimum absolute atomic E-state index is 0.313. The van der Waals surface area contributed by atoms with Gasteiger partial charge in [0.1, 0.15) is 10.8 Å². The summed E-state index contributed by atoms with van der Waals surface area (Å²) in [5.41, 5.74) is 2.46. The summed E-state index contributed by atoms with van der Waals surface area (Å²) in [6.45, 7) is 7.32. The zero-order valence-corrected chi connectivity index (χ0v) is 16.3. The molecule has 1 atom stereocenters. The van der Waals surface area contributed by atoms with Crippen LogP contribution in [0.5, 0.6) is 5.75 Å². The molecule has 0 amide bonds. The van der Waals surface area contributed by atoms with E-state index >= 15 is 0 Å². The molecule has 0 saturated heterocycles. The van der Waals surface area contributed by atoms with Gasteiger partial charge in [0, 0.05) is 11.3 Å². The molecule has 0 unspecified atom stereocenters. The van der Waals surface area contributed by atoms with Gasteiger partial charge < -0.3 is 14.8 Å². The second-order valence-corrected chi connectivity index (χ2v) is 6.72. The molecule has 1 aromatic rings. The van der Waals surface area contributed by atoms with Crippen LogP contribution in [0.15, 0.2) is 34.8 Å². The first-order valence-corrected chi connectivity index (χ1v) is 9.45. The number of esters is 1. The Labute approximate surface area is 158 Å². The summed E-state index contributed by atoms with van der Waals surface area (Å²) in [5.74, 6) is 1.07. The highest BCUT2D eigenvalue weighted by Crippen LogP contribution is 2.28. The van der Waals surface area contributed by atoms with Crippen LogP contribution in [-0.2, 0) is 9.53 Å². The lowest BCUT2D eigenvalue weighted by Gasteiger charge is -2.09. The number of thioether (sulfide) groups is 1. The van der Waals surface area contributed by atoms with E-state index in [4.69, 9.17) is 9.47 Å². The Bertz CT molecular complexity index is 716. The van der Waals surface area contributed by atoms with Crippen LogP contribution in [0.3, 0.4) is 0 Å². The van der Waals surface area contributed by atoms with Crippen molar-refractivity contribution >= 4 is 40.2 Å². The van der Waals surface area contributed by atoms with Crippen LogP contribution < -0.4 is 10.1 Å². The Kier molecular flexibility index (Phi) is 7.87.